The van der Waals surface area contributed by atoms with Crippen molar-refractivity contribution in [1.29, 1.82) is 0 Å². The van der Waals surface area contributed by atoms with Gasteiger partial charge in [-0.3, -0.25) is 10.3 Å². The third kappa shape index (κ3) is 3.30. The standard InChI is InChI=1S/C13H17ClN4O/c1-4-11-17-12(18-19-11)13(2,3)16-8-10-9(14)6-5-7-15-10/h5-7,16H,4,8H2,1-3H3. The first-order chi connectivity index (χ1) is 9.03. The van der Waals surface area contributed by atoms with Crippen molar-refractivity contribution < 1.29 is 4.52 Å². The maximum Gasteiger partial charge on any atom is 0.226 e. The molecule has 0 bridgehead atoms. The number of aryl methyl sites for hydroxylation is 1. The molecule has 0 saturated carbocycles. The van der Waals surface area contributed by atoms with Gasteiger partial charge in [0.25, 0.3) is 0 Å². The summed E-state index contributed by atoms with van der Waals surface area (Å²) < 4.78 is 5.13. The summed E-state index contributed by atoms with van der Waals surface area (Å²) in [5.74, 6) is 1.28. The summed E-state index contributed by atoms with van der Waals surface area (Å²) in [7, 11) is 0. The van der Waals surface area contributed by atoms with Crippen LogP contribution < -0.4 is 5.32 Å². The van der Waals surface area contributed by atoms with E-state index in [4.69, 9.17) is 16.1 Å². The summed E-state index contributed by atoms with van der Waals surface area (Å²) in [5, 5.41) is 7.98. The lowest BCUT2D eigenvalue weighted by Gasteiger charge is -2.22. The number of halogens is 1. The summed E-state index contributed by atoms with van der Waals surface area (Å²) in [4.78, 5) is 8.58. The highest BCUT2D eigenvalue weighted by Gasteiger charge is 2.26. The van der Waals surface area contributed by atoms with Gasteiger partial charge in [0, 0.05) is 19.2 Å². The van der Waals surface area contributed by atoms with E-state index in [1.807, 2.05) is 32.9 Å². The molecule has 0 unspecified atom stereocenters. The second-order valence-corrected chi connectivity index (χ2v) is 5.18. The average molecular weight is 281 g/mol. The third-order valence-corrected chi connectivity index (χ3v) is 3.21. The van der Waals surface area contributed by atoms with E-state index in [2.05, 4.69) is 20.4 Å². The first kappa shape index (κ1) is 14.0. The molecule has 0 aliphatic rings. The van der Waals surface area contributed by atoms with Crippen LogP contribution in [0.2, 0.25) is 5.02 Å². The lowest BCUT2D eigenvalue weighted by atomic mass is 10.0. The van der Waals surface area contributed by atoms with Crippen LogP contribution in [0.3, 0.4) is 0 Å². The molecule has 2 rings (SSSR count). The molecule has 0 radical (unpaired) electrons. The van der Waals surface area contributed by atoms with Crippen molar-refractivity contribution in [2.75, 3.05) is 0 Å². The number of hydrogen-bond donors (Lipinski definition) is 1. The van der Waals surface area contributed by atoms with Crippen LogP contribution in [0.25, 0.3) is 0 Å². The van der Waals surface area contributed by atoms with Crippen molar-refractivity contribution in [3.8, 4) is 0 Å². The lowest BCUT2D eigenvalue weighted by Crippen LogP contribution is -2.37. The highest BCUT2D eigenvalue weighted by molar-refractivity contribution is 6.31. The fourth-order valence-electron chi connectivity index (χ4n) is 1.58. The molecular weight excluding hydrogens is 264 g/mol. The van der Waals surface area contributed by atoms with Crippen molar-refractivity contribution in [3.63, 3.8) is 0 Å². The third-order valence-electron chi connectivity index (χ3n) is 2.86. The molecule has 2 aromatic rings. The minimum atomic E-state index is -0.405. The van der Waals surface area contributed by atoms with Crippen LogP contribution in [0, 0.1) is 0 Å². The van der Waals surface area contributed by atoms with Gasteiger partial charge in [0.1, 0.15) is 0 Å². The number of nitrogens with zero attached hydrogens (tertiary/aromatic N) is 3. The average Bonchev–Trinajstić information content (AvgIpc) is 2.87. The largest absolute Gasteiger partial charge is 0.339 e. The Bertz CT molecular complexity index is 553. The molecule has 0 amide bonds. The minimum Gasteiger partial charge on any atom is -0.339 e. The Balaban J connectivity index is 2.07. The molecule has 19 heavy (non-hydrogen) atoms. The van der Waals surface area contributed by atoms with E-state index >= 15 is 0 Å². The normalized spacial score (nSPS) is 11.8. The summed E-state index contributed by atoms with van der Waals surface area (Å²) >= 11 is 6.07. The Kier molecular flexibility index (Phi) is 4.17. The molecule has 0 fully saturated rings. The zero-order valence-electron chi connectivity index (χ0n) is 11.3. The molecule has 0 aromatic carbocycles. The highest BCUT2D eigenvalue weighted by atomic mass is 35.5. The fraction of sp³-hybridized carbons (Fsp3) is 0.462. The van der Waals surface area contributed by atoms with Crippen molar-refractivity contribution in [3.05, 3.63) is 40.8 Å². The predicted molar refractivity (Wildman–Crippen MR) is 72.8 cm³/mol. The van der Waals surface area contributed by atoms with Gasteiger partial charge in [-0.05, 0) is 26.0 Å². The lowest BCUT2D eigenvalue weighted by molar-refractivity contribution is 0.333. The highest BCUT2D eigenvalue weighted by Crippen LogP contribution is 2.19. The van der Waals surface area contributed by atoms with Gasteiger partial charge in [-0.25, -0.2) is 0 Å². The topological polar surface area (TPSA) is 63.8 Å². The van der Waals surface area contributed by atoms with Gasteiger partial charge in [-0.1, -0.05) is 23.7 Å². The monoisotopic (exact) mass is 280 g/mol. The molecule has 2 aromatic heterocycles. The van der Waals surface area contributed by atoms with E-state index < -0.39 is 5.54 Å². The number of rotatable bonds is 5. The maximum atomic E-state index is 6.07. The summed E-state index contributed by atoms with van der Waals surface area (Å²) in [6.45, 7) is 6.51. The smallest absolute Gasteiger partial charge is 0.226 e. The molecule has 102 valence electrons. The van der Waals surface area contributed by atoms with Crippen LogP contribution in [0.5, 0.6) is 0 Å². The van der Waals surface area contributed by atoms with Crippen molar-refractivity contribution in [2.45, 2.75) is 39.3 Å². The number of aromatic nitrogens is 3. The van der Waals surface area contributed by atoms with Gasteiger partial charge >= 0.3 is 0 Å². The van der Waals surface area contributed by atoms with Crippen LogP contribution in [-0.2, 0) is 18.5 Å². The molecule has 0 aliphatic heterocycles. The van der Waals surface area contributed by atoms with Gasteiger partial charge in [-0.2, -0.15) is 4.98 Å². The Morgan fingerprint density at radius 3 is 2.84 bits per heavy atom. The molecule has 1 N–H and O–H groups in total. The summed E-state index contributed by atoms with van der Waals surface area (Å²) in [6, 6.07) is 3.63. The van der Waals surface area contributed by atoms with Crippen molar-refractivity contribution in [1.82, 2.24) is 20.4 Å². The van der Waals surface area contributed by atoms with Crippen molar-refractivity contribution >= 4 is 11.6 Å². The van der Waals surface area contributed by atoms with E-state index in [0.717, 1.165) is 12.1 Å². The molecular formula is C13H17ClN4O. The fourth-order valence-corrected chi connectivity index (χ4v) is 1.77. The van der Waals surface area contributed by atoms with Crippen LogP contribution in [-0.4, -0.2) is 15.1 Å². The Morgan fingerprint density at radius 2 is 2.21 bits per heavy atom. The van der Waals surface area contributed by atoms with Gasteiger partial charge < -0.3 is 4.52 Å². The van der Waals surface area contributed by atoms with Crippen LogP contribution in [0.15, 0.2) is 22.9 Å². The van der Waals surface area contributed by atoms with Gasteiger partial charge in [0.2, 0.25) is 5.89 Å². The first-order valence-corrected chi connectivity index (χ1v) is 6.58. The predicted octanol–water partition coefficient (Wildman–Crippen LogP) is 2.71. The second-order valence-electron chi connectivity index (χ2n) is 4.78. The molecule has 2 heterocycles. The number of hydrogen-bond acceptors (Lipinski definition) is 5. The Labute approximate surface area is 117 Å². The second kappa shape index (κ2) is 5.67. The van der Waals surface area contributed by atoms with E-state index in [1.165, 1.54) is 0 Å². The maximum absolute atomic E-state index is 6.07. The molecule has 6 heteroatoms. The first-order valence-electron chi connectivity index (χ1n) is 6.20. The van der Waals surface area contributed by atoms with Crippen LogP contribution >= 0.6 is 11.6 Å². The molecule has 5 nitrogen and oxygen atoms in total. The van der Waals surface area contributed by atoms with E-state index in [0.29, 0.717) is 23.3 Å². The van der Waals surface area contributed by atoms with E-state index in [9.17, 15) is 0 Å². The van der Waals surface area contributed by atoms with Crippen LogP contribution in [0.4, 0.5) is 0 Å². The zero-order chi connectivity index (χ0) is 13.9. The molecule has 0 spiro atoms. The number of pyridine rings is 1. The quantitative estimate of drug-likeness (QED) is 0.912. The van der Waals surface area contributed by atoms with Crippen LogP contribution in [0.1, 0.15) is 38.2 Å². The Morgan fingerprint density at radius 1 is 1.42 bits per heavy atom. The molecule has 0 saturated heterocycles. The van der Waals surface area contributed by atoms with E-state index in [-0.39, 0.29) is 0 Å². The van der Waals surface area contributed by atoms with E-state index in [1.54, 1.807) is 6.20 Å². The van der Waals surface area contributed by atoms with Gasteiger partial charge in [0.15, 0.2) is 5.82 Å². The summed E-state index contributed by atoms with van der Waals surface area (Å²) in [5.41, 5.74) is 0.397. The summed E-state index contributed by atoms with van der Waals surface area (Å²) in [6.07, 6.45) is 2.45. The Hall–Kier alpha value is -1.46. The minimum absolute atomic E-state index is 0.405. The van der Waals surface area contributed by atoms with Gasteiger partial charge in [0.05, 0.1) is 16.3 Å². The van der Waals surface area contributed by atoms with Crippen molar-refractivity contribution in [2.24, 2.45) is 0 Å². The van der Waals surface area contributed by atoms with Gasteiger partial charge in [-0.15, -0.1) is 0 Å². The molecule has 0 atom stereocenters. The number of nitrogens with one attached hydrogen (secondary N) is 1. The SMILES string of the molecule is CCc1nc(C(C)(C)NCc2ncccc2Cl)no1. The molecule has 0 aliphatic carbocycles. The zero-order valence-corrected chi connectivity index (χ0v) is 12.0.